The van der Waals surface area contributed by atoms with Crippen LogP contribution in [0.3, 0.4) is 0 Å². The molecule has 1 amide bonds. The van der Waals surface area contributed by atoms with Gasteiger partial charge in [-0.15, -0.1) is 0 Å². The van der Waals surface area contributed by atoms with Crippen LogP contribution in [0.1, 0.15) is 67.6 Å². The van der Waals surface area contributed by atoms with Gasteiger partial charge in [0, 0.05) is 36.0 Å². The largest absolute Gasteiger partial charge is 0.476 e. The second-order valence-corrected chi connectivity index (χ2v) is 14.3. The number of aromatic nitrogens is 1. The molecular formula is C38H37F2N5O2. The summed E-state index contributed by atoms with van der Waals surface area (Å²) < 4.78 is 37.5. The Morgan fingerprint density at radius 2 is 2.09 bits per heavy atom. The van der Waals surface area contributed by atoms with E-state index >= 15 is 4.39 Å². The lowest BCUT2D eigenvalue weighted by Crippen LogP contribution is -2.55. The molecule has 0 N–H and O–H groups in total. The van der Waals surface area contributed by atoms with E-state index in [-0.39, 0.29) is 48.3 Å². The molecule has 1 aromatic heterocycles. The highest BCUT2D eigenvalue weighted by Gasteiger charge is 2.51. The Bertz CT molecular complexity index is 1900. The molecule has 8 rings (SSSR count). The minimum atomic E-state index is -0.852. The van der Waals surface area contributed by atoms with Crippen molar-refractivity contribution in [3.8, 4) is 29.1 Å². The highest BCUT2D eigenvalue weighted by Crippen LogP contribution is 2.59. The summed E-state index contributed by atoms with van der Waals surface area (Å²) in [7, 11) is 0. The quantitative estimate of drug-likeness (QED) is 0.261. The maximum Gasteiger partial charge on any atom is 0.246 e. The molecule has 9 heteroatoms. The van der Waals surface area contributed by atoms with Gasteiger partial charge in [0.25, 0.3) is 0 Å². The van der Waals surface area contributed by atoms with Crippen LogP contribution in [0.4, 0.5) is 14.5 Å². The average Bonchev–Trinajstić information content (AvgIpc) is 3.39. The molecule has 5 aliphatic rings. The van der Waals surface area contributed by atoms with Gasteiger partial charge < -0.3 is 14.5 Å². The fourth-order valence-corrected chi connectivity index (χ4v) is 9.45. The topological polar surface area (TPSA) is 93.2 Å². The number of fused-ring (bicyclic) bond motifs is 5. The zero-order valence-electron chi connectivity index (χ0n) is 26.4. The minimum absolute atomic E-state index is 0.0957. The molecule has 0 radical (unpaired) electrons. The van der Waals surface area contributed by atoms with E-state index in [2.05, 4.69) is 24.8 Å². The number of ether oxygens (including phenoxy) is 1. The van der Waals surface area contributed by atoms with Gasteiger partial charge in [0.15, 0.2) is 0 Å². The molecular weight excluding hydrogens is 596 g/mol. The van der Waals surface area contributed by atoms with Gasteiger partial charge >= 0.3 is 0 Å². The van der Waals surface area contributed by atoms with Gasteiger partial charge in [-0.2, -0.15) is 10.5 Å². The molecule has 2 aromatic carbocycles. The molecule has 4 fully saturated rings. The summed E-state index contributed by atoms with van der Waals surface area (Å²) in [5, 5.41) is 20.7. The minimum Gasteiger partial charge on any atom is -0.476 e. The van der Waals surface area contributed by atoms with Gasteiger partial charge in [0.1, 0.15) is 23.6 Å². The number of benzene rings is 2. The number of hydrogen-bond donors (Lipinski definition) is 0. The first-order valence-corrected chi connectivity index (χ1v) is 16.9. The van der Waals surface area contributed by atoms with E-state index < -0.39 is 18.0 Å². The summed E-state index contributed by atoms with van der Waals surface area (Å²) in [5.74, 6) is 0.872. The summed E-state index contributed by atoms with van der Waals surface area (Å²) >= 11 is 0. The van der Waals surface area contributed by atoms with E-state index in [0.717, 1.165) is 37.7 Å². The maximum atomic E-state index is 16.3. The van der Waals surface area contributed by atoms with E-state index in [4.69, 9.17) is 9.72 Å². The lowest BCUT2D eigenvalue weighted by molar-refractivity contribution is -0.128. The van der Waals surface area contributed by atoms with Gasteiger partial charge in [0.2, 0.25) is 11.8 Å². The van der Waals surface area contributed by atoms with Crippen LogP contribution in [-0.4, -0.2) is 54.2 Å². The van der Waals surface area contributed by atoms with Gasteiger partial charge in [-0.05, 0) is 91.2 Å². The maximum absolute atomic E-state index is 16.3. The molecule has 0 bridgehead atoms. The first kappa shape index (κ1) is 29.9. The van der Waals surface area contributed by atoms with Crippen molar-refractivity contribution in [3.05, 3.63) is 65.5 Å². The Balaban J connectivity index is 1.25. The molecule has 47 heavy (non-hydrogen) atoms. The van der Waals surface area contributed by atoms with Gasteiger partial charge in [-0.25, -0.2) is 13.8 Å². The summed E-state index contributed by atoms with van der Waals surface area (Å²) in [5.41, 5.74) is 4.78. The van der Waals surface area contributed by atoms with E-state index in [1.165, 1.54) is 23.3 Å². The number of alkyl halides is 1. The Kier molecular flexibility index (Phi) is 7.20. The lowest BCUT2D eigenvalue weighted by atomic mass is 9.81. The second kappa shape index (κ2) is 11.3. The van der Waals surface area contributed by atoms with Crippen LogP contribution in [0.25, 0.3) is 22.0 Å². The molecule has 3 aromatic rings. The number of nitrogens with zero attached hydrogens (tertiary/aromatic N) is 5. The highest BCUT2D eigenvalue weighted by molar-refractivity contribution is 5.99. The standard InChI is InChI=1S/C38H37F2N5O2/c1-2-34(46)45-12-11-44(20-26(45)8-10-41)36-30-16-32(40)29(27-7-3-5-22-13-23-14-28(23)35(22)27)17-33(30)43-37(31(36)19-42)47-21-38-9-4-6-24(38)15-25(39)18-38/h2-3,5,7,16-17,23-26,28H,1,4,6,8-9,11-15,18,20-21H2/t23?,24?,25-,26-,28?,38?/m0/s1. The van der Waals surface area contributed by atoms with Crippen molar-refractivity contribution in [2.75, 3.05) is 31.1 Å². The molecule has 6 atom stereocenters. The van der Waals surface area contributed by atoms with Gasteiger partial charge in [0.05, 0.1) is 36.3 Å². The summed E-state index contributed by atoms with van der Waals surface area (Å²) in [6.45, 7) is 4.83. The molecule has 1 aliphatic heterocycles. The Morgan fingerprint density at radius 1 is 1.21 bits per heavy atom. The van der Waals surface area contributed by atoms with E-state index in [1.54, 1.807) is 11.0 Å². The highest BCUT2D eigenvalue weighted by atomic mass is 19.1. The van der Waals surface area contributed by atoms with Crippen molar-refractivity contribution in [1.29, 1.82) is 10.5 Å². The third-order valence-electron chi connectivity index (χ3n) is 11.7. The van der Waals surface area contributed by atoms with Crippen LogP contribution in [0.2, 0.25) is 0 Å². The number of hydrogen-bond acceptors (Lipinski definition) is 6. The first-order valence-electron chi connectivity index (χ1n) is 16.9. The fraction of sp³-hybridized carbons (Fsp3) is 0.474. The first-order chi connectivity index (χ1) is 22.8. The molecule has 240 valence electrons. The zero-order valence-corrected chi connectivity index (χ0v) is 26.4. The Hall–Kier alpha value is -4.50. The lowest BCUT2D eigenvalue weighted by Gasteiger charge is -2.42. The monoisotopic (exact) mass is 633 g/mol. The van der Waals surface area contributed by atoms with Crippen LogP contribution >= 0.6 is 0 Å². The molecule has 7 nitrogen and oxygen atoms in total. The molecule has 1 saturated heterocycles. The van der Waals surface area contributed by atoms with Crippen LogP contribution in [-0.2, 0) is 11.2 Å². The third kappa shape index (κ3) is 4.85. The number of rotatable bonds is 7. The van der Waals surface area contributed by atoms with Crippen molar-refractivity contribution in [2.24, 2.45) is 17.3 Å². The number of carbonyl (C=O) groups is 1. The number of amides is 1. The Labute approximate surface area is 273 Å². The van der Waals surface area contributed by atoms with E-state index in [9.17, 15) is 19.7 Å². The normalized spacial score (nSPS) is 28.7. The SMILES string of the molecule is C=CC(=O)N1CCN(c2c(C#N)c(OCC34CCCC3C[C@H](F)C4)nc3cc(-c4cccc5c4C4CC4C5)c(F)cc23)C[C@@H]1CC#N. The van der Waals surface area contributed by atoms with E-state index in [1.807, 2.05) is 17.0 Å². The summed E-state index contributed by atoms with van der Waals surface area (Å²) in [6.07, 6.45) is 6.54. The van der Waals surface area contributed by atoms with Crippen molar-refractivity contribution >= 4 is 22.5 Å². The van der Waals surface area contributed by atoms with Crippen molar-refractivity contribution in [3.63, 3.8) is 0 Å². The van der Waals surface area contributed by atoms with Crippen LogP contribution < -0.4 is 9.64 Å². The smallest absolute Gasteiger partial charge is 0.246 e. The number of anilines is 1. The summed E-state index contributed by atoms with van der Waals surface area (Å²) in [6, 6.07) is 13.4. The van der Waals surface area contributed by atoms with Crippen molar-refractivity contribution in [1.82, 2.24) is 9.88 Å². The Morgan fingerprint density at radius 3 is 2.89 bits per heavy atom. The van der Waals surface area contributed by atoms with Crippen molar-refractivity contribution < 1.29 is 18.3 Å². The van der Waals surface area contributed by atoms with Crippen LogP contribution in [0.5, 0.6) is 5.88 Å². The summed E-state index contributed by atoms with van der Waals surface area (Å²) in [4.78, 5) is 21.1. The second-order valence-electron chi connectivity index (χ2n) is 14.3. The fourth-order valence-electron chi connectivity index (χ4n) is 9.45. The number of pyridine rings is 1. The number of carbonyl (C=O) groups excluding carboxylic acids is 1. The predicted molar refractivity (Wildman–Crippen MR) is 174 cm³/mol. The van der Waals surface area contributed by atoms with Crippen LogP contribution in [0.15, 0.2) is 43.0 Å². The molecule has 4 unspecified atom stereocenters. The number of piperazine rings is 1. The molecule has 4 aliphatic carbocycles. The van der Waals surface area contributed by atoms with Crippen LogP contribution in [0, 0.1) is 45.7 Å². The third-order valence-corrected chi connectivity index (χ3v) is 11.7. The van der Waals surface area contributed by atoms with E-state index in [0.29, 0.717) is 59.9 Å². The van der Waals surface area contributed by atoms with Gasteiger partial charge in [-0.1, -0.05) is 31.2 Å². The van der Waals surface area contributed by atoms with Gasteiger partial charge in [-0.3, -0.25) is 4.79 Å². The molecule has 3 saturated carbocycles. The predicted octanol–water partition coefficient (Wildman–Crippen LogP) is 6.99. The molecule has 2 heterocycles. The number of halogens is 2. The zero-order chi connectivity index (χ0) is 32.4. The van der Waals surface area contributed by atoms with Crippen molar-refractivity contribution in [2.45, 2.75) is 69.5 Å². The number of nitriles is 2. The average molecular weight is 634 g/mol. The molecule has 0 spiro atoms.